The molecule has 1 fully saturated rings. The normalized spacial score (nSPS) is 16.9. The topological polar surface area (TPSA) is 55.1 Å². The molecular weight excluding hydrogens is 260 g/mol. The highest BCUT2D eigenvalue weighted by Gasteiger charge is 2.44. The number of nitrogens with two attached hydrogens (primary N) is 1. The van der Waals surface area contributed by atoms with Gasteiger partial charge in [-0.05, 0) is 43.4 Å². The van der Waals surface area contributed by atoms with Crippen molar-refractivity contribution in [3.05, 3.63) is 0 Å². The quantitative estimate of drug-likeness (QED) is 0.722. The van der Waals surface area contributed by atoms with Crippen LogP contribution in [0.2, 0.25) is 0 Å². The van der Waals surface area contributed by atoms with Gasteiger partial charge in [-0.3, -0.25) is 4.79 Å². The number of carbonyl (C=O) groups is 1. The summed E-state index contributed by atoms with van der Waals surface area (Å²) in [6.07, 6.45) is 5.39. The SMILES string of the molecule is CCC(CC)(CN)C(=O)NCC1(CC(C)C)CC1.Cl. The summed E-state index contributed by atoms with van der Waals surface area (Å²) in [4.78, 5) is 12.3. The van der Waals surface area contributed by atoms with Crippen LogP contribution in [-0.2, 0) is 4.79 Å². The summed E-state index contributed by atoms with van der Waals surface area (Å²) in [5.41, 5.74) is 5.85. The fourth-order valence-electron chi connectivity index (χ4n) is 2.90. The van der Waals surface area contributed by atoms with Crippen molar-refractivity contribution in [1.82, 2.24) is 5.32 Å². The molecule has 4 heteroatoms. The molecule has 0 atom stereocenters. The van der Waals surface area contributed by atoms with Crippen LogP contribution in [0.25, 0.3) is 0 Å². The smallest absolute Gasteiger partial charge is 0.227 e. The number of nitrogens with one attached hydrogen (secondary N) is 1. The number of carbonyl (C=O) groups excluding carboxylic acids is 1. The highest BCUT2D eigenvalue weighted by molar-refractivity contribution is 5.85. The van der Waals surface area contributed by atoms with Crippen molar-refractivity contribution < 1.29 is 4.79 Å². The van der Waals surface area contributed by atoms with E-state index in [0.29, 0.717) is 17.9 Å². The molecule has 0 heterocycles. The molecule has 0 bridgehead atoms. The van der Waals surface area contributed by atoms with Gasteiger partial charge in [0.25, 0.3) is 0 Å². The van der Waals surface area contributed by atoms with Crippen molar-refractivity contribution in [2.45, 2.75) is 59.8 Å². The second-order valence-corrected chi connectivity index (χ2v) is 6.47. The Morgan fingerprint density at radius 3 is 2.16 bits per heavy atom. The molecule has 1 aliphatic rings. The molecule has 1 amide bonds. The summed E-state index contributed by atoms with van der Waals surface area (Å²) in [6, 6.07) is 0. The molecule has 19 heavy (non-hydrogen) atoms. The van der Waals surface area contributed by atoms with E-state index in [9.17, 15) is 4.79 Å². The average Bonchev–Trinajstić information content (AvgIpc) is 3.09. The Hall–Kier alpha value is -0.280. The van der Waals surface area contributed by atoms with Gasteiger partial charge >= 0.3 is 0 Å². The molecule has 1 saturated carbocycles. The zero-order chi connectivity index (χ0) is 13.8. The molecule has 3 nitrogen and oxygen atoms in total. The van der Waals surface area contributed by atoms with Gasteiger partial charge in [0.2, 0.25) is 5.91 Å². The van der Waals surface area contributed by atoms with Crippen molar-refractivity contribution >= 4 is 18.3 Å². The van der Waals surface area contributed by atoms with Crippen LogP contribution in [0.15, 0.2) is 0 Å². The van der Waals surface area contributed by atoms with E-state index in [2.05, 4.69) is 33.0 Å². The fourth-order valence-corrected chi connectivity index (χ4v) is 2.90. The number of rotatable bonds is 8. The first-order chi connectivity index (χ1) is 8.43. The minimum absolute atomic E-state index is 0. The Balaban J connectivity index is 0.00000324. The maximum Gasteiger partial charge on any atom is 0.227 e. The average molecular weight is 291 g/mol. The van der Waals surface area contributed by atoms with Crippen LogP contribution >= 0.6 is 12.4 Å². The second-order valence-electron chi connectivity index (χ2n) is 6.47. The van der Waals surface area contributed by atoms with E-state index < -0.39 is 0 Å². The van der Waals surface area contributed by atoms with E-state index in [1.54, 1.807) is 0 Å². The predicted octanol–water partition coefficient (Wildman–Crippen LogP) is 3.12. The van der Waals surface area contributed by atoms with Gasteiger partial charge in [0, 0.05) is 13.1 Å². The maximum atomic E-state index is 12.3. The molecule has 1 rings (SSSR count). The molecule has 0 aliphatic heterocycles. The Labute approximate surface area is 124 Å². The fraction of sp³-hybridized carbons (Fsp3) is 0.933. The van der Waals surface area contributed by atoms with Crippen LogP contribution in [0.3, 0.4) is 0 Å². The highest BCUT2D eigenvalue weighted by atomic mass is 35.5. The summed E-state index contributed by atoms with van der Waals surface area (Å²) < 4.78 is 0. The molecule has 1 aliphatic carbocycles. The minimum Gasteiger partial charge on any atom is -0.355 e. The molecule has 3 N–H and O–H groups in total. The first-order valence-corrected chi connectivity index (χ1v) is 7.42. The van der Waals surface area contributed by atoms with E-state index in [-0.39, 0.29) is 23.7 Å². The van der Waals surface area contributed by atoms with E-state index in [1.165, 1.54) is 19.3 Å². The largest absolute Gasteiger partial charge is 0.355 e. The summed E-state index contributed by atoms with van der Waals surface area (Å²) in [7, 11) is 0. The number of hydrogen-bond donors (Lipinski definition) is 2. The number of amides is 1. The molecular formula is C15H31ClN2O. The summed E-state index contributed by atoms with van der Waals surface area (Å²) in [6.45, 7) is 9.90. The van der Waals surface area contributed by atoms with Crippen molar-refractivity contribution in [2.75, 3.05) is 13.1 Å². The van der Waals surface area contributed by atoms with Gasteiger partial charge in [0.1, 0.15) is 0 Å². The van der Waals surface area contributed by atoms with Crippen LogP contribution in [0.4, 0.5) is 0 Å². The number of hydrogen-bond acceptors (Lipinski definition) is 2. The molecule has 0 aromatic heterocycles. The molecule has 0 radical (unpaired) electrons. The van der Waals surface area contributed by atoms with E-state index in [4.69, 9.17) is 5.73 Å². The molecule has 0 aromatic carbocycles. The van der Waals surface area contributed by atoms with Crippen LogP contribution in [-0.4, -0.2) is 19.0 Å². The maximum absolute atomic E-state index is 12.3. The van der Waals surface area contributed by atoms with Crippen molar-refractivity contribution in [3.63, 3.8) is 0 Å². The van der Waals surface area contributed by atoms with Gasteiger partial charge in [-0.15, -0.1) is 12.4 Å². The third kappa shape index (κ3) is 4.64. The van der Waals surface area contributed by atoms with Gasteiger partial charge in [-0.1, -0.05) is 27.7 Å². The molecule has 0 unspecified atom stereocenters. The summed E-state index contributed by atoms with van der Waals surface area (Å²) >= 11 is 0. The Kier molecular flexibility index (Phi) is 7.38. The Morgan fingerprint density at radius 2 is 1.84 bits per heavy atom. The van der Waals surface area contributed by atoms with Gasteiger partial charge in [-0.2, -0.15) is 0 Å². The van der Waals surface area contributed by atoms with Crippen LogP contribution in [0.5, 0.6) is 0 Å². The van der Waals surface area contributed by atoms with E-state index >= 15 is 0 Å². The highest BCUT2D eigenvalue weighted by Crippen LogP contribution is 2.50. The lowest BCUT2D eigenvalue weighted by molar-refractivity contribution is -0.131. The lowest BCUT2D eigenvalue weighted by Crippen LogP contribution is -2.46. The standard InChI is InChI=1S/C15H30N2O.ClH/c1-5-15(6-2,10-16)13(18)17-11-14(7-8-14)9-12(3)4;/h12H,5-11,16H2,1-4H3,(H,17,18);1H. The number of halogens is 1. The summed E-state index contributed by atoms with van der Waals surface area (Å²) in [5, 5.41) is 3.17. The van der Waals surface area contributed by atoms with Gasteiger partial charge in [0.15, 0.2) is 0 Å². The first-order valence-electron chi connectivity index (χ1n) is 7.42. The third-order valence-electron chi connectivity index (χ3n) is 4.65. The van der Waals surface area contributed by atoms with Crippen LogP contribution in [0.1, 0.15) is 59.8 Å². The minimum atomic E-state index is -0.353. The Morgan fingerprint density at radius 1 is 1.32 bits per heavy atom. The van der Waals surface area contributed by atoms with Crippen LogP contribution in [0, 0.1) is 16.7 Å². The Bertz CT molecular complexity index is 276. The third-order valence-corrected chi connectivity index (χ3v) is 4.65. The lowest BCUT2D eigenvalue weighted by atomic mass is 9.81. The van der Waals surface area contributed by atoms with Gasteiger partial charge in [-0.25, -0.2) is 0 Å². The summed E-state index contributed by atoms with van der Waals surface area (Å²) in [5.74, 6) is 0.867. The van der Waals surface area contributed by atoms with E-state index in [1.807, 2.05) is 0 Å². The predicted molar refractivity (Wildman–Crippen MR) is 83.4 cm³/mol. The molecule has 114 valence electrons. The lowest BCUT2D eigenvalue weighted by Gasteiger charge is -2.30. The second kappa shape index (κ2) is 7.49. The van der Waals surface area contributed by atoms with Gasteiger partial charge < -0.3 is 11.1 Å². The van der Waals surface area contributed by atoms with Crippen molar-refractivity contribution in [1.29, 1.82) is 0 Å². The first kappa shape index (κ1) is 18.7. The molecule has 0 spiro atoms. The van der Waals surface area contributed by atoms with Crippen molar-refractivity contribution in [2.24, 2.45) is 22.5 Å². The molecule has 0 saturated heterocycles. The zero-order valence-corrected chi connectivity index (χ0v) is 13.7. The van der Waals surface area contributed by atoms with E-state index in [0.717, 1.165) is 19.4 Å². The van der Waals surface area contributed by atoms with Crippen molar-refractivity contribution in [3.8, 4) is 0 Å². The zero-order valence-electron chi connectivity index (χ0n) is 12.9. The van der Waals surface area contributed by atoms with Crippen LogP contribution < -0.4 is 11.1 Å². The monoisotopic (exact) mass is 290 g/mol. The molecule has 0 aromatic rings. The van der Waals surface area contributed by atoms with Gasteiger partial charge in [0.05, 0.1) is 5.41 Å².